The molecule has 0 atom stereocenters. The summed E-state index contributed by atoms with van der Waals surface area (Å²) in [6.45, 7) is 0.788. The second-order valence-corrected chi connectivity index (χ2v) is 3.20. The first-order valence-corrected chi connectivity index (χ1v) is 4.80. The number of hydrogen-bond acceptors (Lipinski definition) is 6. The van der Waals surface area contributed by atoms with Crippen LogP contribution in [0.25, 0.3) is 11.6 Å². The van der Waals surface area contributed by atoms with Gasteiger partial charge in [-0.2, -0.15) is 4.98 Å². The van der Waals surface area contributed by atoms with Gasteiger partial charge in [0, 0.05) is 19.9 Å². The molecule has 0 radical (unpaired) electrons. The Balaban J connectivity index is 2.21. The molecule has 16 heavy (non-hydrogen) atoms. The van der Waals surface area contributed by atoms with E-state index in [9.17, 15) is 0 Å². The number of methoxy groups -OCH3 is 1. The van der Waals surface area contributed by atoms with Gasteiger partial charge in [-0.1, -0.05) is 11.2 Å². The van der Waals surface area contributed by atoms with Crippen molar-refractivity contribution in [3.63, 3.8) is 0 Å². The van der Waals surface area contributed by atoms with Crippen LogP contribution in [0.1, 0.15) is 11.4 Å². The minimum absolute atomic E-state index is 0.324. The molecule has 0 aromatic carbocycles. The standard InChI is InChI=1S/C10H12N4O2/c1-15-6-9-13-10(16-14-9)8-3-2-7(4-11)5-12-8/h2-3,5H,4,6,11H2,1H3. The Labute approximate surface area is 92.4 Å². The lowest BCUT2D eigenvalue weighted by atomic mass is 10.2. The van der Waals surface area contributed by atoms with Crippen molar-refractivity contribution in [1.29, 1.82) is 0 Å². The molecule has 2 heterocycles. The molecule has 0 aliphatic rings. The molecular formula is C10H12N4O2. The highest BCUT2D eigenvalue weighted by Crippen LogP contribution is 2.14. The van der Waals surface area contributed by atoms with Crippen molar-refractivity contribution in [3.05, 3.63) is 29.7 Å². The number of pyridine rings is 1. The number of nitrogens with two attached hydrogens (primary N) is 1. The highest BCUT2D eigenvalue weighted by molar-refractivity contribution is 5.46. The lowest BCUT2D eigenvalue weighted by molar-refractivity contribution is 0.174. The Kier molecular flexibility index (Phi) is 3.23. The van der Waals surface area contributed by atoms with E-state index in [2.05, 4.69) is 15.1 Å². The lowest BCUT2D eigenvalue weighted by Gasteiger charge is -1.96. The van der Waals surface area contributed by atoms with Crippen molar-refractivity contribution in [2.45, 2.75) is 13.2 Å². The molecular weight excluding hydrogens is 208 g/mol. The molecule has 0 unspecified atom stereocenters. The third-order valence-electron chi connectivity index (χ3n) is 2.02. The van der Waals surface area contributed by atoms with Gasteiger partial charge in [-0.05, 0) is 11.6 Å². The van der Waals surface area contributed by atoms with Gasteiger partial charge >= 0.3 is 0 Å². The molecule has 2 N–H and O–H groups in total. The van der Waals surface area contributed by atoms with E-state index in [1.54, 1.807) is 19.4 Å². The number of aromatic nitrogens is 3. The number of hydrogen-bond donors (Lipinski definition) is 1. The van der Waals surface area contributed by atoms with Crippen LogP contribution in [-0.2, 0) is 17.9 Å². The number of ether oxygens (including phenoxy) is 1. The number of rotatable bonds is 4. The Morgan fingerprint density at radius 1 is 1.44 bits per heavy atom. The van der Waals surface area contributed by atoms with Crippen LogP contribution in [0.15, 0.2) is 22.9 Å². The van der Waals surface area contributed by atoms with E-state index in [0.29, 0.717) is 30.6 Å². The molecule has 6 nitrogen and oxygen atoms in total. The van der Waals surface area contributed by atoms with Gasteiger partial charge in [0.25, 0.3) is 5.89 Å². The van der Waals surface area contributed by atoms with Crippen molar-refractivity contribution in [2.24, 2.45) is 5.73 Å². The van der Waals surface area contributed by atoms with E-state index in [1.807, 2.05) is 6.07 Å². The predicted octanol–water partition coefficient (Wildman–Crippen LogP) is 0.737. The van der Waals surface area contributed by atoms with Gasteiger partial charge in [-0.15, -0.1) is 0 Å². The summed E-state index contributed by atoms with van der Waals surface area (Å²) in [5, 5.41) is 3.75. The molecule has 0 saturated carbocycles. The molecule has 2 aromatic rings. The van der Waals surface area contributed by atoms with E-state index >= 15 is 0 Å². The van der Waals surface area contributed by atoms with Gasteiger partial charge < -0.3 is 15.0 Å². The summed E-state index contributed by atoms with van der Waals surface area (Å²) >= 11 is 0. The first kappa shape index (κ1) is 10.7. The zero-order valence-electron chi connectivity index (χ0n) is 8.88. The van der Waals surface area contributed by atoms with Crippen LogP contribution >= 0.6 is 0 Å². The first-order valence-electron chi connectivity index (χ1n) is 4.80. The molecule has 84 valence electrons. The van der Waals surface area contributed by atoms with Crippen LogP contribution in [0.4, 0.5) is 0 Å². The molecule has 0 bridgehead atoms. The minimum Gasteiger partial charge on any atom is -0.377 e. The molecule has 0 spiro atoms. The largest absolute Gasteiger partial charge is 0.377 e. The number of nitrogens with zero attached hydrogens (tertiary/aromatic N) is 3. The Hall–Kier alpha value is -1.79. The van der Waals surface area contributed by atoms with Crippen molar-refractivity contribution in [3.8, 4) is 11.6 Å². The van der Waals surface area contributed by atoms with Crippen LogP contribution in [0, 0.1) is 0 Å². The highest BCUT2D eigenvalue weighted by Gasteiger charge is 2.09. The second kappa shape index (κ2) is 4.82. The highest BCUT2D eigenvalue weighted by atomic mass is 16.5. The third kappa shape index (κ3) is 2.23. The summed E-state index contributed by atoms with van der Waals surface area (Å²) in [6, 6.07) is 3.68. The van der Waals surface area contributed by atoms with Gasteiger partial charge in [-0.3, -0.25) is 4.98 Å². The maximum atomic E-state index is 5.47. The molecule has 0 aliphatic carbocycles. The summed E-state index contributed by atoms with van der Waals surface area (Å²) in [5.74, 6) is 0.887. The van der Waals surface area contributed by atoms with Gasteiger partial charge in [0.05, 0.1) is 0 Å². The van der Waals surface area contributed by atoms with Crippen LogP contribution in [0.2, 0.25) is 0 Å². The molecule has 2 aromatic heterocycles. The summed E-state index contributed by atoms with van der Waals surface area (Å²) in [7, 11) is 1.57. The smallest absolute Gasteiger partial charge is 0.276 e. The molecule has 0 amide bonds. The molecule has 2 rings (SSSR count). The third-order valence-corrected chi connectivity index (χ3v) is 2.02. The Morgan fingerprint density at radius 2 is 2.31 bits per heavy atom. The minimum atomic E-state index is 0.324. The van der Waals surface area contributed by atoms with Crippen molar-refractivity contribution >= 4 is 0 Å². The zero-order chi connectivity index (χ0) is 11.4. The molecule has 0 saturated heterocycles. The predicted molar refractivity (Wildman–Crippen MR) is 56.1 cm³/mol. The fraction of sp³-hybridized carbons (Fsp3) is 0.300. The van der Waals surface area contributed by atoms with E-state index in [4.69, 9.17) is 15.0 Å². The SMILES string of the molecule is COCc1noc(-c2ccc(CN)cn2)n1. The average Bonchev–Trinajstić information content (AvgIpc) is 2.78. The van der Waals surface area contributed by atoms with Gasteiger partial charge in [-0.25, -0.2) is 0 Å². The van der Waals surface area contributed by atoms with Gasteiger partial charge in [0.1, 0.15) is 12.3 Å². The summed E-state index contributed by atoms with van der Waals surface area (Å²) in [5.41, 5.74) is 7.06. The summed E-state index contributed by atoms with van der Waals surface area (Å²) in [4.78, 5) is 8.31. The monoisotopic (exact) mass is 220 g/mol. The van der Waals surface area contributed by atoms with Crippen molar-refractivity contribution in [1.82, 2.24) is 15.1 Å². The summed E-state index contributed by atoms with van der Waals surface area (Å²) < 4.78 is 9.93. The second-order valence-electron chi connectivity index (χ2n) is 3.20. The lowest BCUT2D eigenvalue weighted by Crippen LogP contribution is -1.97. The fourth-order valence-electron chi connectivity index (χ4n) is 1.22. The van der Waals surface area contributed by atoms with E-state index in [0.717, 1.165) is 5.56 Å². The van der Waals surface area contributed by atoms with E-state index in [-0.39, 0.29) is 0 Å². The van der Waals surface area contributed by atoms with E-state index in [1.165, 1.54) is 0 Å². The Bertz CT molecular complexity index is 452. The van der Waals surface area contributed by atoms with Crippen LogP contribution in [0.5, 0.6) is 0 Å². The maximum Gasteiger partial charge on any atom is 0.276 e. The van der Waals surface area contributed by atoms with Gasteiger partial charge in [0.2, 0.25) is 0 Å². The first-order chi connectivity index (χ1) is 7.83. The summed E-state index contributed by atoms with van der Waals surface area (Å²) in [6.07, 6.45) is 1.69. The zero-order valence-corrected chi connectivity index (χ0v) is 8.88. The normalized spacial score (nSPS) is 10.6. The molecule has 0 fully saturated rings. The van der Waals surface area contributed by atoms with Crippen LogP contribution in [-0.4, -0.2) is 22.2 Å². The van der Waals surface area contributed by atoms with E-state index < -0.39 is 0 Å². The average molecular weight is 220 g/mol. The molecule has 6 heteroatoms. The maximum absolute atomic E-state index is 5.47. The topological polar surface area (TPSA) is 87.1 Å². The molecule has 0 aliphatic heterocycles. The van der Waals surface area contributed by atoms with Crippen molar-refractivity contribution < 1.29 is 9.26 Å². The Morgan fingerprint density at radius 3 is 2.94 bits per heavy atom. The van der Waals surface area contributed by atoms with Gasteiger partial charge in [0.15, 0.2) is 5.82 Å². The van der Waals surface area contributed by atoms with Crippen molar-refractivity contribution in [2.75, 3.05) is 7.11 Å². The quantitative estimate of drug-likeness (QED) is 0.817. The van der Waals surface area contributed by atoms with Crippen LogP contribution in [0.3, 0.4) is 0 Å². The fourth-order valence-corrected chi connectivity index (χ4v) is 1.22. The van der Waals surface area contributed by atoms with Crippen LogP contribution < -0.4 is 5.73 Å².